The van der Waals surface area contributed by atoms with Crippen molar-refractivity contribution in [3.05, 3.63) is 95.1 Å². The van der Waals surface area contributed by atoms with Gasteiger partial charge in [-0.1, -0.05) is 47.5 Å². The number of hydrogen-bond donors (Lipinski definition) is 0. The summed E-state index contributed by atoms with van der Waals surface area (Å²) in [5.74, 6) is 0.858. The van der Waals surface area contributed by atoms with Crippen LogP contribution in [-0.2, 0) is 6.54 Å². The minimum atomic E-state index is 0.0623. The van der Waals surface area contributed by atoms with Crippen molar-refractivity contribution in [2.24, 2.45) is 0 Å². The highest BCUT2D eigenvalue weighted by atomic mass is 16.5. The number of methoxy groups -OCH3 is 1. The number of likely N-dealkylation sites (tertiary alicyclic amines) is 1. The zero-order valence-electron chi connectivity index (χ0n) is 19.3. The summed E-state index contributed by atoms with van der Waals surface area (Å²) in [7, 11) is 1.66. The van der Waals surface area contributed by atoms with Crippen LogP contribution in [0.25, 0.3) is 0 Å². The highest BCUT2D eigenvalue weighted by Gasteiger charge is 2.30. The van der Waals surface area contributed by atoms with E-state index >= 15 is 0 Å². The summed E-state index contributed by atoms with van der Waals surface area (Å²) in [4.78, 5) is 18.1. The third-order valence-corrected chi connectivity index (χ3v) is 6.28. The Bertz CT molecular complexity index is 1040. The first-order valence-electron chi connectivity index (χ1n) is 11.4. The molecule has 0 unspecified atom stereocenters. The van der Waals surface area contributed by atoms with E-state index in [0.29, 0.717) is 0 Å². The van der Waals surface area contributed by atoms with Gasteiger partial charge in [0.25, 0.3) is 5.91 Å². The van der Waals surface area contributed by atoms with E-state index in [-0.39, 0.29) is 11.9 Å². The second-order valence-corrected chi connectivity index (χ2v) is 8.74. The molecule has 1 fully saturated rings. The molecule has 1 aliphatic heterocycles. The maximum absolute atomic E-state index is 13.6. The van der Waals surface area contributed by atoms with Crippen LogP contribution in [0.15, 0.2) is 72.8 Å². The summed E-state index contributed by atoms with van der Waals surface area (Å²) < 4.78 is 5.32. The molecular formula is C28H32N2O2. The molecule has 1 aliphatic rings. The van der Waals surface area contributed by atoms with E-state index in [1.807, 2.05) is 60.4 Å². The van der Waals surface area contributed by atoms with Crippen molar-refractivity contribution in [1.82, 2.24) is 4.90 Å². The fraction of sp³-hybridized carbons (Fsp3) is 0.321. The third kappa shape index (κ3) is 5.20. The van der Waals surface area contributed by atoms with Gasteiger partial charge in [0, 0.05) is 36.9 Å². The molecule has 32 heavy (non-hydrogen) atoms. The van der Waals surface area contributed by atoms with Crippen LogP contribution < -0.4 is 9.64 Å². The van der Waals surface area contributed by atoms with Crippen LogP contribution in [0, 0.1) is 13.8 Å². The van der Waals surface area contributed by atoms with Crippen LogP contribution >= 0.6 is 0 Å². The van der Waals surface area contributed by atoms with Crippen LogP contribution in [0.5, 0.6) is 5.75 Å². The monoisotopic (exact) mass is 428 g/mol. The number of piperidine rings is 1. The summed E-state index contributed by atoms with van der Waals surface area (Å²) in [6, 6.07) is 24.6. The van der Waals surface area contributed by atoms with Crippen LogP contribution in [0.3, 0.4) is 0 Å². The minimum absolute atomic E-state index is 0.0623. The Kier molecular flexibility index (Phi) is 6.91. The van der Waals surface area contributed by atoms with Crippen molar-refractivity contribution in [3.8, 4) is 5.75 Å². The SMILES string of the molecule is COc1ccc(N(C(=O)c2ccc(C)cc2)C2CCN(Cc3cccc(C)c3)CC2)cc1. The first kappa shape index (κ1) is 22.1. The van der Waals surface area contributed by atoms with E-state index in [1.165, 1.54) is 11.1 Å². The Labute approximate surface area is 191 Å². The van der Waals surface area contributed by atoms with Gasteiger partial charge in [0.1, 0.15) is 5.75 Å². The second-order valence-electron chi connectivity index (χ2n) is 8.74. The fourth-order valence-electron chi connectivity index (χ4n) is 4.48. The van der Waals surface area contributed by atoms with Crippen LogP contribution in [0.4, 0.5) is 5.69 Å². The summed E-state index contributed by atoms with van der Waals surface area (Å²) in [6.45, 7) is 7.10. The number of anilines is 1. The molecular weight excluding hydrogens is 396 g/mol. The van der Waals surface area contributed by atoms with Crippen LogP contribution in [0.2, 0.25) is 0 Å². The van der Waals surface area contributed by atoms with Crippen molar-refractivity contribution < 1.29 is 9.53 Å². The van der Waals surface area contributed by atoms with Gasteiger partial charge in [0.05, 0.1) is 7.11 Å². The number of benzene rings is 3. The van der Waals surface area contributed by atoms with Crippen LogP contribution in [0.1, 0.15) is 39.9 Å². The van der Waals surface area contributed by atoms with Gasteiger partial charge in [-0.2, -0.15) is 0 Å². The fourth-order valence-corrected chi connectivity index (χ4v) is 4.48. The predicted octanol–water partition coefficient (Wildman–Crippen LogP) is 5.62. The van der Waals surface area contributed by atoms with Crippen molar-refractivity contribution in [3.63, 3.8) is 0 Å². The van der Waals surface area contributed by atoms with Crippen LogP contribution in [-0.4, -0.2) is 37.0 Å². The molecule has 0 saturated carbocycles. The number of carbonyl (C=O) groups is 1. The number of nitrogens with zero attached hydrogens (tertiary/aromatic N) is 2. The Balaban J connectivity index is 1.52. The summed E-state index contributed by atoms with van der Waals surface area (Å²) in [5.41, 5.74) is 5.46. The number of hydrogen-bond acceptors (Lipinski definition) is 3. The van der Waals surface area contributed by atoms with Gasteiger partial charge in [0.2, 0.25) is 0 Å². The lowest BCUT2D eigenvalue weighted by atomic mass is 9.99. The molecule has 0 aromatic heterocycles. The van der Waals surface area contributed by atoms with Gasteiger partial charge in [-0.25, -0.2) is 0 Å². The molecule has 166 valence electrons. The lowest BCUT2D eigenvalue weighted by molar-refractivity contribution is 0.0958. The van der Waals surface area contributed by atoms with Gasteiger partial charge < -0.3 is 9.64 Å². The highest BCUT2D eigenvalue weighted by molar-refractivity contribution is 6.06. The average molecular weight is 429 g/mol. The molecule has 1 heterocycles. The molecule has 3 aromatic carbocycles. The number of carbonyl (C=O) groups excluding carboxylic acids is 1. The quantitative estimate of drug-likeness (QED) is 0.511. The molecule has 0 bridgehead atoms. The van der Waals surface area contributed by atoms with Gasteiger partial charge in [-0.15, -0.1) is 0 Å². The number of ether oxygens (including phenoxy) is 1. The van der Waals surface area contributed by atoms with Crippen molar-refractivity contribution in [2.75, 3.05) is 25.1 Å². The molecule has 0 N–H and O–H groups in total. The molecule has 4 rings (SSSR count). The smallest absolute Gasteiger partial charge is 0.258 e. The highest BCUT2D eigenvalue weighted by Crippen LogP contribution is 2.28. The van der Waals surface area contributed by atoms with Crippen molar-refractivity contribution in [2.45, 2.75) is 39.3 Å². The summed E-state index contributed by atoms with van der Waals surface area (Å²) in [6.07, 6.45) is 1.91. The standard InChI is InChI=1S/C28H32N2O2/c1-21-7-9-24(10-8-21)28(31)30(25-11-13-27(32-3)14-12-25)26-15-17-29(18-16-26)20-23-6-4-5-22(2)19-23/h4-14,19,26H,15-18,20H2,1-3H3. The molecule has 0 spiro atoms. The number of aryl methyl sites for hydroxylation is 2. The largest absolute Gasteiger partial charge is 0.497 e. The lowest BCUT2D eigenvalue weighted by Crippen LogP contribution is -2.47. The van der Waals surface area contributed by atoms with E-state index in [9.17, 15) is 4.79 Å². The Morgan fingerprint density at radius 3 is 2.25 bits per heavy atom. The first-order valence-corrected chi connectivity index (χ1v) is 11.4. The molecule has 4 nitrogen and oxygen atoms in total. The van der Waals surface area contributed by atoms with E-state index in [2.05, 4.69) is 36.1 Å². The third-order valence-electron chi connectivity index (χ3n) is 6.28. The minimum Gasteiger partial charge on any atom is -0.497 e. The molecule has 1 saturated heterocycles. The molecule has 0 aliphatic carbocycles. The van der Waals surface area contributed by atoms with E-state index in [1.54, 1.807) is 7.11 Å². The van der Waals surface area contributed by atoms with Gasteiger partial charge >= 0.3 is 0 Å². The van der Waals surface area contributed by atoms with Gasteiger partial charge in [0.15, 0.2) is 0 Å². The normalized spacial score (nSPS) is 14.8. The molecule has 0 atom stereocenters. The summed E-state index contributed by atoms with van der Waals surface area (Å²) in [5, 5.41) is 0. The van der Waals surface area contributed by atoms with Crippen molar-refractivity contribution >= 4 is 11.6 Å². The topological polar surface area (TPSA) is 32.8 Å². The average Bonchev–Trinajstić information content (AvgIpc) is 2.81. The zero-order valence-corrected chi connectivity index (χ0v) is 19.3. The van der Waals surface area contributed by atoms with E-state index < -0.39 is 0 Å². The molecule has 1 amide bonds. The maximum atomic E-state index is 13.6. The first-order chi connectivity index (χ1) is 15.5. The molecule has 0 radical (unpaired) electrons. The zero-order chi connectivity index (χ0) is 22.5. The van der Waals surface area contributed by atoms with Crippen molar-refractivity contribution in [1.29, 1.82) is 0 Å². The van der Waals surface area contributed by atoms with E-state index in [0.717, 1.165) is 55.0 Å². The second kappa shape index (κ2) is 10.0. The Hall–Kier alpha value is -3.11. The molecule has 4 heteroatoms. The lowest BCUT2D eigenvalue weighted by Gasteiger charge is -2.38. The Morgan fingerprint density at radius 2 is 1.62 bits per heavy atom. The maximum Gasteiger partial charge on any atom is 0.258 e. The van der Waals surface area contributed by atoms with E-state index in [4.69, 9.17) is 4.74 Å². The van der Waals surface area contributed by atoms with Gasteiger partial charge in [-0.05, 0) is 68.7 Å². The number of rotatable bonds is 6. The summed E-state index contributed by atoms with van der Waals surface area (Å²) >= 11 is 0. The van der Waals surface area contributed by atoms with Gasteiger partial charge in [-0.3, -0.25) is 9.69 Å². The number of amides is 1. The Morgan fingerprint density at radius 1 is 0.938 bits per heavy atom. The predicted molar refractivity (Wildman–Crippen MR) is 130 cm³/mol. The molecule has 3 aromatic rings.